The standard InChI is InChI=1S/C22H20F2N6O3/c23-20(24)13-8-12(9-25-10-13)16-5-6-17(28-27-16)26-18(31)11-29-7-1-2-15-19(29)22(33)30(21(15)32)14-3-4-14/h5-6,8-10,14,20H,1-4,7,11H2,(H,26,28,31). The normalized spacial score (nSPS) is 18.3. The van der Waals surface area contributed by atoms with Gasteiger partial charge in [0.05, 0.1) is 12.2 Å². The monoisotopic (exact) mass is 454 g/mol. The number of nitrogens with one attached hydrogen (secondary N) is 1. The van der Waals surface area contributed by atoms with Crippen LogP contribution in [0.25, 0.3) is 11.3 Å². The molecule has 5 rings (SSSR count). The van der Waals surface area contributed by atoms with Crippen LogP contribution in [-0.2, 0) is 14.4 Å². The molecule has 3 aliphatic rings. The Morgan fingerprint density at radius 3 is 2.67 bits per heavy atom. The zero-order valence-electron chi connectivity index (χ0n) is 17.5. The van der Waals surface area contributed by atoms with Crippen molar-refractivity contribution in [2.75, 3.05) is 18.4 Å². The summed E-state index contributed by atoms with van der Waals surface area (Å²) in [5, 5.41) is 10.6. The van der Waals surface area contributed by atoms with Crippen molar-refractivity contribution >= 4 is 23.5 Å². The quantitative estimate of drug-likeness (QED) is 0.667. The number of hydrogen-bond donors (Lipinski definition) is 1. The number of hydrogen-bond acceptors (Lipinski definition) is 7. The zero-order chi connectivity index (χ0) is 23.1. The van der Waals surface area contributed by atoms with E-state index >= 15 is 0 Å². The maximum absolute atomic E-state index is 12.9. The molecule has 2 aliphatic heterocycles. The molecule has 0 bridgehead atoms. The summed E-state index contributed by atoms with van der Waals surface area (Å²) in [7, 11) is 0. The molecule has 0 atom stereocenters. The average Bonchev–Trinajstić information content (AvgIpc) is 3.60. The van der Waals surface area contributed by atoms with Crippen LogP contribution >= 0.6 is 0 Å². The second-order valence-corrected chi connectivity index (χ2v) is 8.22. The number of halogens is 2. The molecule has 0 unspecified atom stereocenters. The van der Waals surface area contributed by atoms with Crippen molar-refractivity contribution in [1.29, 1.82) is 0 Å². The minimum Gasteiger partial charge on any atom is -0.357 e. The SMILES string of the molecule is O=C(CN1CCCC2=C1C(=O)N(C1CC1)C2=O)Nc1ccc(-c2cncc(C(F)F)c2)nn1. The summed E-state index contributed by atoms with van der Waals surface area (Å²) in [6, 6.07) is 4.32. The van der Waals surface area contributed by atoms with Crippen LogP contribution in [0.1, 0.15) is 37.7 Å². The van der Waals surface area contributed by atoms with E-state index in [9.17, 15) is 23.2 Å². The fraction of sp³-hybridized carbons (Fsp3) is 0.364. The third kappa shape index (κ3) is 4.06. The first-order valence-electron chi connectivity index (χ1n) is 10.7. The lowest BCUT2D eigenvalue weighted by molar-refractivity contribution is -0.138. The molecule has 0 radical (unpaired) electrons. The summed E-state index contributed by atoms with van der Waals surface area (Å²) >= 11 is 0. The van der Waals surface area contributed by atoms with Crippen LogP contribution in [0, 0.1) is 0 Å². The van der Waals surface area contributed by atoms with E-state index in [0.29, 0.717) is 41.9 Å². The van der Waals surface area contributed by atoms with Gasteiger partial charge in [0.2, 0.25) is 5.91 Å². The van der Waals surface area contributed by atoms with Crippen LogP contribution in [0.4, 0.5) is 14.6 Å². The molecule has 1 fully saturated rings. The second-order valence-electron chi connectivity index (χ2n) is 8.22. The van der Waals surface area contributed by atoms with Gasteiger partial charge < -0.3 is 10.2 Å². The Hall–Kier alpha value is -3.76. The Morgan fingerprint density at radius 1 is 1.15 bits per heavy atom. The van der Waals surface area contributed by atoms with Crippen LogP contribution in [-0.4, -0.2) is 61.8 Å². The minimum absolute atomic E-state index is 0.0170. The number of aromatic nitrogens is 3. The lowest BCUT2D eigenvalue weighted by atomic mass is 10.0. The summed E-state index contributed by atoms with van der Waals surface area (Å²) in [6.45, 7) is 0.405. The molecule has 0 spiro atoms. The molecular weight excluding hydrogens is 434 g/mol. The third-order valence-electron chi connectivity index (χ3n) is 5.84. The van der Waals surface area contributed by atoms with Gasteiger partial charge >= 0.3 is 0 Å². The molecule has 0 saturated heterocycles. The van der Waals surface area contributed by atoms with Crippen molar-refractivity contribution in [1.82, 2.24) is 25.0 Å². The largest absolute Gasteiger partial charge is 0.357 e. The van der Waals surface area contributed by atoms with E-state index in [2.05, 4.69) is 20.5 Å². The number of pyridine rings is 1. The van der Waals surface area contributed by atoms with Crippen LogP contribution < -0.4 is 5.32 Å². The lowest BCUT2D eigenvalue weighted by Crippen LogP contribution is -2.40. The van der Waals surface area contributed by atoms with Gasteiger partial charge in [0.15, 0.2) is 5.82 Å². The van der Waals surface area contributed by atoms with Crippen LogP contribution in [0.5, 0.6) is 0 Å². The van der Waals surface area contributed by atoms with Gasteiger partial charge in [-0.05, 0) is 43.9 Å². The van der Waals surface area contributed by atoms with Crippen LogP contribution in [0.15, 0.2) is 41.9 Å². The van der Waals surface area contributed by atoms with Crippen molar-refractivity contribution in [3.8, 4) is 11.3 Å². The van der Waals surface area contributed by atoms with Gasteiger partial charge in [-0.1, -0.05) is 0 Å². The molecule has 4 heterocycles. The molecule has 170 valence electrons. The number of amides is 3. The number of rotatable bonds is 6. The number of carbonyl (C=O) groups is 3. The number of anilines is 1. The second kappa shape index (κ2) is 8.30. The highest BCUT2D eigenvalue weighted by Gasteiger charge is 2.48. The molecule has 1 N–H and O–H groups in total. The topological polar surface area (TPSA) is 108 Å². The van der Waals surface area contributed by atoms with E-state index in [0.717, 1.165) is 19.0 Å². The van der Waals surface area contributed by atoms with Gasteiger partial charge in [0.25, 0.3) is 18.2 Å². The molecule has 1 saturated carbocycles. The van der Waals surface area contributed by atoms with Crippen molar-refractivity contribution in [3.05, 3.63) is 47.4 Å². The number of alkyl halides is 2. The molecule has 9 nitrogen and oxygen atoms in total. The Bertz CT molecular complexity index is 1160. The Morgan fingerprint density at radius 2 is 1.97 bits per heavy atom. The summed E-state index contributed by atoms with van der Waals surface area (Å²) in [4.78, 5) is 44.8. The molecule has 11 heteroatoms. The highest BCUT2D eigenvalue weighted by Crippen LogP contribution is 2.38. The van der Waals surface area contributed by atoms with Crippen molar-refractivity contribution < 1.29 is 23.2 Å². The van der Waals surface area contributed by atoms with E-state index in [1.807, 2.05) is 0 Å². The zero-order valence-corrected chi connectivity index (χ0v) is 17.5. The number of nitrogens with zero attached hydrogens (tertiary/aromatic N) is 5. The molecule has 2 aromatic rings. The summed E-state index contributed by atoms with van der Waals surface area (Å²) < 4.78 is 25.8. The van der Waals surface area contributed by atoms with Gasteiger partial charge in [0, 0.05) is 41.7 Å². The molecule has 0 aromatic carbocycles. The smallest absolute Gasteiger partial charge is 0.277 e. The van der Waals surface area contributed by atoms with Gasteiger partial charge in [-0.3, -0.25) is 24.3 Å². The highest BCUT2D eigenvalue weighted by atomic mass is 19.3. The van der Waals surface area contributed by atoms with Gasteiger partial charge in [0.1, 0.15) is 5.70 Å². The maximum Gasteiger partial charge on any atom is 0.277 e. The first-order chi connectivity index (χ1) is 15.9. The van der Waals surface area contributed by atoms with E-state index in [1.54, 1.807) is 11.0 Å². The van der Waals surface area contributed by atoms with Gasteiger partial charge in [-0.15, -0.1) is 10.2 Å². The van der Waals surface area contributed by atoms with Crippen molar-refractivity contribution in [3.63, 3.8) is 0 Å². The average molecular weight is 454 g/mol. The lowest BCUT2D eigenvalue weighted by Gasteiger charge is -2.28. The van der Waals surface area contributed by atoms with E-state index < -0.39 is 12.3 Å². The van der Waals surface area contributed by atoms with Gasteiger partial charge in [-0.25, -0.2) is 8.78 Å². The predicted octanol–water partition coefficient (Wildman–Crippen LogP) is 2.30. The van der Waals surface area contributed by atoms with Crippen LogP contribution in [0.3, 0.4) is 0 Å². The Balaban J connectivity index is 1.25. The van der Waals surface area contributed by atoms with Crippen molar-refractivity contribution in [2.45, 2.75) is 38.2 Å². The highest BCUT2D eigenvalue weighted by molar-refractivity contribution is 6.19. The molecule has 2 aromatic heterocycles. The minimum atomic E-state index is -2.65. The van der Waals surface area contributed by atoms with Crippen molar-refractivity contribution in [2.24, 2.45) is 0 Å². The first kappa shape index (κ1) is 21.1. The molecule has 1 aliphatic carbocycles. The first-order valence-corrected chi connectivity index (χ1v) is 10.7. The Labute approximate surface area is 187 Å². The van der Waals surface area contributed by atoms with E-state index in [4.69, 9.17) is 0 Å². The fourth-order valence-electron chi connectivity index (χ4n) is 4.14. The predicted molar refractivity (Wildman–Crippen MR) is 112 cm³/mol. The van der Waals surface area contributed by atoms with Crippen LogP contribution in [0.2, 0.25) is 0 Å². The summed E-state index contributed by atoms with van der Waals surface area (Å²) in [5.41, 5.74) is 1.33. The third-order valence-corrected chi connectivity index (χ3v) is 5.84. The summed E-state index contributed by atoms with van der Waals surface area (Å²) in [5.74, 6) is -0.762. The molecule has 3 amide bonds. The number of carbonyl (C=O) groups excluding carboxylic acids is 3. The maximum atomic E-state index is 12.9. The van der Waals surface area contributed by atoms with Gasteiger partial charge in [-0.2, -0.15) is 0 Å². The molecule has 33 heavy (non-hydrogen) atoms. The fourth-order valence-corrected chi connectivity index (χ4v) is 4.14. The number of imide groups is 1. The van der Waals surface area contributed by atoms with E-state index in [1.165, 1.54) is 23.2 Å². The Kier molecular flexibility index (Phi) is 5.31. The summed E-state index contributed by atoms with van der Waals surface area (Å²) in [6.07, 6.45) is 2.73. The molecular formula is C22H20F2N6O3. The van der Waals surface area contributed by atoms with E-state index in [-0.39, 0.29) is 35.8 Å².